The topological polar surface area (TPSA) is 116 Å². The van der Waals surface area contributed by atoms with E-state index in [9.17, 15) is 24.3 Å². The zero-order valence-electron chi connectivity index (χ0n) is 26.0. The highest BCUT2D eigenvalue weighted by Crippen LogP contribution is 2.41. The molecular weight excluding hydrogens is 561 g/mol. The van der Waals surface area contributed by atoms with Crippen LogP contribution in [0.3, 0.4) is 0 Å². The predicted molar refractivity (Wildman–Crippen MR) is 175 cm³/mol. The summed E-state index contributed by atoms with van der Waals surface area (Å²) in [4.78, 5) is 31.5. The summed E-state index contributed by atoms with van der Waals surface area (Å²) in [5.74, 6) is -1.29. The SMILES string of the molecule is CCCCCCCC/C=C\CCCCCCCC(=O)N[C@@H](Cc1ccc(OCc2ccccc2)cc1)CC(O)P(=O)(O)O. The van der Waals surface area contributed by atoms with Gasteiger partial charge in [0, 0.05) is 18.9 Å². The number of amides is 1. The zero-order valence-corrected chi connectivity index (χ0v) is 26.9. The number of ether oxygens (including phenoxy) is 1. The Morgan fingerprint density at radius 1 is 0.814 bits per heavy atom. The van der Waals surface area contributed by atoms with Crippen molar-refractivity contribution >= 4 is 13.5 Å². The fourth-order valence-corrected chi connectivity index (χ4v) is 5.52. The molecule has 0 radical (unpaired) electrons. The molecule has 1 amide bonds. The van der Waals surface area contributed by atoms with Gasteiger partial charge in [0.25, 0.3) is 0 Å². The standard InChI is InChI=1S/C35H54NO6P/c1-2-3-4-5-6-7-8-9-10-11-12-13-14-15-19-22-34(37)36-32(28-35(38)43(39,40)41)27-30-23-25-33(26-24-30)42-29-31-20-17-16-18-21-31/h9-10,16-18,20-21,23-26,32,35,38H,2-8,11-15,19,22,27-29H2,1H3,(H,36,37)(H2,39,40,41)/b10-9-/t32-,35?/m0/s1. The molecule has 0 saturated carbocycles. The number of allylic oxidation sites excluding steroid dienone is 2. The molecule has 0 spiro atoms. The second-order valence-electron chi connectivity index (χ2n) is 11.5. The lowest BCUT2D eigenvalue weighted by Crippen LogP contribution is -2.38. The van der Waals surface area contributed by atoms with Crippen LogP contribution in [0, 0.1) is 0 Å². The lowest BCUT2D eigenvalue weighted by molar-refractivity contribution is -0.122. The number of rotatable bonds is 24. The zero-order chi connectivity index (χ0) is 31.2. The van der Waals surface area contributed by atoms with Crippen molar-refractivity contribution < 1.29 is 29.0 Å². The summed E-state index contributed by atoms with van der Waals surface area (Å²) in [5.41, 5.74) is 1.93. The summed E-state index contributed by atoms with van der Waals surface area (Å²) in [7, 11) is -4.68. The highest BCUT2D eigenvalue weighted by atomic mass is 31.2. The number of hydrogen-bond acceptors (Lipinski definition) is 4. The third kappa shape index (κ3) is 18.1. The number of nitrogens with one attached hydrogen (secondary N) is 1. The van der Waals surface area contributed by atoms with Gasteiger partial charge >= 0.3 is 7.60 Å². The number of benzene rings is 2. The van der Waals surface area contributed by atoms with Crippen LogP contribution in [0.5, 0.6) is 5.75 Å². The van der Waals surface area contributed by atoms with Gasteiger partial charge in [-0.25, -0.2) is 0 Å². The maximum atomic E-state index is 12.7. The maximum Gasteiger partial charge on any atom is 0.353 e. The van der Waals surface area contributed by atoms with Crippen LogP contribution in [0.2, 0.25) is 0 Å². The van der Waals surface area contributed by atoms with Crippen LogP contribution in [0.4, 0.5) is 0 Å². The molecule has 0 aliphatic carbocycles. The molecule has 0 heterocycles. The monoisotopic (exact) mass is 615 g/mol. The van der Waals surface area contributed by atoms with Crippen LogP contribution in [-0.4, -0.2) is 32.7 Å². The van der Waals surface area contributed by atoms with Gasteiger partial charge in [-0.15, -0.1) is 0 Å². The molecule has 0 aliphatic rings. The van der Waals surface area contributed by atoms with Gasteiger partial charge in [-0.2, -0.15) is 0 Å². The molecular formula is C35H54NO6P. The molecule has 240 valence electrons. The molecule has 0 aliphatic heterocycles. The van der Waals surface area contributed by atoms with Crippen LogP contribution >= 0.6 is 7.60 Å². The summed E-state index contributed by atoms with van der Waals surface area (Å²) in [6.45, 7) is 2.69. The molecule has 43 heavy (non-hydrogen) atoms. The first-order chi connectivity index (χ1) is 20.8. The second-order valence-corrected chi connectivity index (χ2v) is 13.3. The van der Waals surface area contributed by atoms with Crippen molar-refractivity contribution in [1.29, 1.82) is 0 Å². The maximum absolute atomic E-state index is 12.7. The molecule has 4 N–H and O–H groups in total. The van der Waals surface area contributed by atoms with E-state index in [0.717, 1.165) is 49.7 Å². The van der Waals surface area contributed by atoms with Crippen molar-refractivity contribution in [1.82, 2.24) is 5.32 Å². The second kappa shape index (κ2) is 22.1. The lowest BCUT2D eigenvalue weighted by atomic mass is 10.0. The van der Waals surface area contributed by atoms with Gasteiger partial charge in [-0.05, 0) is 61.8 Å². The van der Waals surface area contributed by atoms with Gasteiger partial charge in [-0.3, -0.25) is 9.36 Å². The fourth-order valence-electron chi connectivity index (χ4n) is 4.99. The minimum absolute atomic E-state index is 0.164. The minimum Gasteiger partial charge on any atom is -0.489 e. The normalized spacial score (nSPS) is 13.2. The Balaban J connectivity index is 1.68. The van der Waals surface area contributed by atoms with E-state index in [1.54, 1.807) is 0 Å². The third-order valence-electron chi connectivity index (χ3n) is 7.57. The average Bonchev–Trinajstić information content (AvgIpc) is 2.98. The van der Waals surface area contributed by atoms with Crippen molar-refractivity contribution in [2.75, 3.05) is 0 Å². The van der Waals surface area contributed by atoms with Gasteiger partial charge < -0.3 is 24.9 Å². The van der Waals surface area contributed by atoms with Crippen LogP contribution < -0.4 is 10.1 Å². The van der Waals surface area contributed by atoms with Crippen molar-refractivity contribution in [3.63, 3.8) is 0 Å². The smallest absolute Gasteiger partial charge is 0.353 e. The van der Waals surface area contributed by atoms with Crippen molar-refractivity contribution in [3.8, 4) is 5.75 Å². The molecule has 8 heteroatoms. The molecule has 0 bridgehead atoms. The minimum atomic E-state index is -4.68. The largest absolute Gasteiger partial charge is 0.489 e. The molecule has 2 rings (SSSR count). The molecule has 2 aromatic carbocycles. The van der Waals surface area contributed by atoms with Crippen molar-refractivity contribution in [2.45, 2.75) is 128 Å². The highest BCUT2D eigenvalue weighted by molar-refractivity contribution is 7.52. The molecule has 0 fully saturated rings. The summed E-state index contributed by atoms with van der Waals surface area (Å²) in [6, 6.07) is 16.7. The summed E-state index contributed by atoms with van der Waals surface area (Å²) in [5, 5.41) is 12.9. The van der Waals surface area contributed by atoms with Crippen molar-refractivity contribution in [2.24, 2.45) is 0 Å². The Labute approximate surface area is 259 Å². The van der Waals surface area contributed by atoms with Gasteiger partial charge in [0.1, 0.15) is 12.4 Å². The Kier molecular flexibility index (Phi) is 18.9. The third-order valence-corrected chi connectivity index (χ3v) is 8.56. The molecule has 0 aromatic heterocycles. The van der Waals surface area contributed by atoms with E-state index in [0.29, 0.717) is 25.2 Å². The van der Waals surface area contributed by atoms with E-state index in [2.05, 4.69) is 24.4 Å². The van der Waals surface area contributed by atoms with E-state index in [4.69, 9.17) is 4.74 Å². The number of aliphatic hydroxyl groups excluding tert-OH is 1. The Morgan fingerprint density at radius 2 is 1.40 bits per heavy atom. The highest BCUT2D eigenvalue weighted by Gasteiger charge is 2.30. The fraction of sp³-hybridized carbons (Fsp3) is 0.571. The van der Waals surface area contributed by atoms with Gasteiger partial charge in [0.05, 0.1) is 0 Å². The number of aliphatic hydroxyl groups is 1. The van der Waals surface area contributed by atoms with Crippen LogP contribution in [0.15, 0.2) is 66.7 Å². The average molecular weight is 616 g/mol. The first-order valence-electron chi connectivity index (χ1n) is 16.2. The van der Waals surface area contributed by atoms with E-state index in [-0.39, 0.29) is 12.3 Å². The number of unbranched alkanes of at least 4 members (excludes halogenated alkanes) is 11. The number of carbonyl (C=O) groups excluding carboxylic acids is 1. The van der Waals surface area contributed by atoms with E-state index < -0.39 is 19.5 Å². The number of carbonyl (C=O) groups is 1. The first kappa shape index (κ1) is 36.8. The molecule has 0 saturated heterocycles. The van der Waals surface area contributed by atoms with Crippen LogP contribution in [0.25, 0.3) is 0 Å². The Hall–Kier alpha value is -2.44. The Morgan fingerprint density at radius 3 is 2.00 bits per heavy atom. The summed E-state index contributed by atoms with van der Waals surface area (Å²) >= 11 is 0. The van der Waals surface area contributed by atoms with E-state index >= 15 is 0 Å². The van der Waals surface area contributed by atoms with Crippen molar-refractivity contribution in [3.05, 3.63) is 77.9 Å². The summed E-state index contributed by atoms with van der Waals surface area (Å²) in [6.07, 6.45) is 20.5. The van der Waals surface area contributed by atoms with Gasteiger partial charge in [0.2, 0.25) is 5.91 Å². The predicted octanol–water partition coefficient (Wildman–Crippen LogP) is 8.22. The molecule has 2 atom stereocenters. The first-order valence-corrected chi connectivity index (χ1v) is 17.9. The molecule has 1 unspecified atom stereocenters. The molecule has 7 nitrogen and oxygen atoms in total. The van der Waals surface area contributed by atoms with E-state index in [1.807, 2.05) is 54.6 Å². The lowest BCUT2D eigenvalue weighted by Gasteiger charge is -2.22. The van der Waals surface area contributed by atoms with Crippen LogP contribution in [0.1, 0.15) is 114 Å². The van der Waals surface area contributed by atoms with Gasteiger partial charge in [-0.1, -0.05) is 113 Å². The Bertz CT molecular complexity index is 1070. The molecule has 2 aromatic rings. The summed E-state index contributed by atoms with van der Waals surface area (Å²) < 4.78 is 17.4. The van der Waals surface area contributed by atoms with E-state index in [1.165, 1.54) is 44.9 Å². The number of hydrogen-bond donors (Lipinski definition) is 4. The van der Waals surface area contributed by atoms with Gasteiger partial charge in [0.15, 0.2) is 5.85 Å². The quantitative estimate of drug-likeness (QED) is 0.0537. The van der Waals surface area contributed by atoms with Crippen LogP contribution in [-0.2, 0) is 22.4 Å².